The minimum atomic E-state index is -0.427. The summed E-state index contributed by atoms with van der Waals surface area (Å²) in [5.41, 5.74) is 2.42. The Morgan fingerprint density at radius 2 is 2.07 bits per heavy atom. The van der Waals surface area contributed by atoms with E-state index in [1.165, 1.54) is 6.92 Å². The number of benzene rings is 2. The summed E-state index contributed by atoms with van der Waals surface area (Å²) in [6.07, 6.45) is 0. The molecule has 1 N–H and O–H groups in total. The van der Waals surface area contributed by atoms with Crippen LogP contribution in [-0.2, 0) is 9.53 Å². The first-order valence-corrected chi connectivity index (χ1v) is 8.34. The zero-order valence-corrected chi connectivity index (χ0v) is 15.2. The Labute approximate surface area is 155 Å². The van der Waals surface area contributed by atoms with Gasteiger partial charge in [-0.25, -0.2) is 4.98 Å². The number of fused-ring (bicyclic) bond motifs is 2. The van der Waals surface area contributed by atoms with Crippen LogP contribution in [0.15, 0.2) is 30.3 Å². The Morgan fingerprint density at radius 1 is 1.30 bits per heavy atom. The Bertz CT molecular complexity index is 1050. The number of hydrogen-bond acceptors (Lipinski definition) is 7. The van der Waals surface area contributed by atoms with Gasteiger partial charge in [0.2, 0.25) is 0 Å². The monoisotopic (exact) mass is 369 g/mol. The van der Waals surface area contributed by atoms with Crippen LogP contribution in [0, 0.1) is 17.0 Å². The first-order chi connectivity index (χ1) is 12.9. The fourth-order valence-corrected chi connectivity index (χ4v) is 2.97. The highest BCUT2D eigenvalue weighted by atomic mass is 16.6. The Balaban J connectivity index is 2.13. The molecule has 0 bridgehead atoms. The molecule has 27 heavy (non-hydrogen) atoms. The number of nitro groups is 1. The van der Waals surface area contributed by atoms with Gasteiger partial charge in [-0.15, -0.1) is 0 Å². The number of methoxy groups -OCH3 is 1. The van der Waals surface area contributed by atoms with Gasteiger partial charge in [0.1, 0.15) is 18.0 Å². The van der Waals surface area contributed by atoms with Crippen molar-refractivity contribution >= 4 is 39.1 Å². The number of ether oxygens (including phenoxy) is 2. The van der Waals surface area contributed by atoms with E-state index in [0.717, 1.165) is 16.5 Å². The summed E-state index contributed by atoms with van der Waals surface area (Å²) in [6.45, 7) is 3.55. The maximum atomic E-state index is 11.8. The molecule has 1 aromatic heterocycles. The van der Waals surface area contributed by atoms with E-state index in [-0.39, 0.29) is 18.8 Å². The third-order valence-corrected chi connectivity index (χ3v) is 4.17. The van der Waals surface area contributed by atoms with Crippen molar-refractivity contribution in [3.63, 3.8) is 0 Å². The smallest absolute Gasteiger partial charge is 0.302 e. The minimum Gasteiger partial charge on any atom is -0.497 e. The van der Waals surface area contributed by atoms with Gasteiger partial charge in [0, 0.05) is 18.9 Å². The van der Waals surface area contributed by atoms with E-state index in [1.54, 1.807) is 31.4 Å². The molecule has 0 aliphatic heterocycles. The molecule has 1 heterocycles. The van der Waals surface area contributed by atoms with E-state index in [2.05, 4.69) is 10.3 Å². The number of carbonyl (C=O) groups is 1. The Kier molecular flexibility index (Phi) is 5.07. The predicted octanol–water partition coefficient (Wildman–Crippen LogP) is 3.59. The van der Waals surface area contributed by atoms with E-state index in [4.69, 9.17) is 9.47 Å². The quantitative estimate of drug-likeness (QED) is 0.233. The lowest BCUT2D eigenvalue weighted by atomic mass is 10.0. The van der Waals surface area contributed by atoms with Crippen molar-refractivity contribution in [2.45, 2.75) is 13.8 Å². The van der Waals surface area contributed by atoms with E-state index in [0.29, 0.717) is 22.3 Å². The van der Waals surface area contributed by atoms with Crippen molar-refractivity contribution in [3.8, 4) is 5.75 Å². The molecule has 0 radical (unpaired) electrons. The third-order valence-electron chi connectivity index (χ3n) is 4.17. The number of rotatable bonds is 6. The molecule has 8 nitrogen and oxygen atoms in total. The van der Waals surface area contributed by atoms with Crippen molar-refractivity contribution < 1.29 is 19.2 Å². The normalized spacial score (nSPS) is 10.8. The van der Waals surface area contributed by atoms with Crippen LogP contribution in [-0.4, -0.2) is 36.1 Å². The van der Waals surface area contributed by atoms with Gasteiger partial charge in [-0.05, 0) is 42.8 Å². The number of anilines is 1. The maximum absolute atomic E-state index is 11.8. The van der Waals surface area contributed by atoms with Crippen molar-refractivity contribution in [1.29, 1.82) is 0 Å². The molecule has 0 unspecified atom stereocenters. The van der Waals surface area contributed by atoms with Crippen LogP contribution in [0.2, 0.25) is 0 Å². The number of nitrogens with zero attached hydrogens (tertiary/aromatic N) is 2. The third kappa shape index (κ3) is 3.74. The van der Waals surface area contributed by atoms with Crippen molar-refractivity contribution in [2.75, 3.05) is 25.6 Å². The van der Waals surface area contributed by atoms with Crippen LogP contribution < -0.4 is 10.1 Å². The lowest BCUT2D eigenvalue weighted by molar-refractivity contribution is -0.382. The number of aromatic nitrogens is 1. The molecule has 3 aromatic rings. The standard InChI is InChI=1S/C19H19N3O5/c1-11-8-17(20-6-7-27-12(2)23)19(22(24)25)15-10-13-9-14(26-3)4-5-16(13)21-18(11)15/h4-5,8-10,20H,6-7H2,1-3H3. The predicted molar refractivity (Wildman–Crippen MR) is 102 cm³/mol. The number of aryl methyl sites for hydroxylation is 1. The molecule has 0 aliphatic carbocycles. The molecule has 0 amide bonds. The van der Waals surface area contributed by atoms with Crippen LogP contribution in [0.25, 0.3) is 21.8 Å². The van der Waals surface area contributed by atoms with Crippen molar-refractivity contribution in [3.05, 3.63) is 46.0 Å². The highest BCUT2D eigenvalue weighted by Crippen LogP contribution is 2.37. The minimum absolute atomic E-state index is 0.0596. The van der Waals surface area contributed by atoms with E-state index >= 15 is 0 Å². The second-order valence-corrected chi connectivity index (χ2v) is 6.06. The summed E-state index contributed by atoms with van der Waals surface area (Å²) >= 11 is 0. The van der Waals surface area contributed by atoms with Crippen LogP contribution in [0.4, 0.5) is 11.4 Å². The molecule has 0 fully saturated rings. The molecule has 0 spiro atoms. The van der Waals surface area contributed by atoms with Crippen LogP contribution in [0.3, 0.4) is 0 Å². The fourth-order valence-electron chi connectivity index (χ4n) is 2.97. The lowest BCUT2D eigenvalue weighted by Gasteiger charge is -2.12. The number of carbonyl (C=O) groups excluding carboxylic acids is 1. The number of pyridine rings is 1. The molecule has 0 aliphatic rings. The number of hydrogen-bond donors (Lipinski definition) is 1. The topological polar surface area (TPSA) is 104 Å². The second kappa shape index (κ2) is 7.45. The molecule has 140 valence electrons. The molecular formula is C19H19N3O5. The van der Waals surface area contributed by atoms with Crippen LogP contribution >= 0.6 is 0 Å². The first kappa shape index (κ1) is 18.4. The van der Waals surface area contributed by atoms with Gasteiger partial charge in [-0.1, -0.05) is 0 Å². The zero-order chi connectivity index (χ0) is 19.6. The number of nitrogens with one attached hydrogen (secondary N) is 1. The van der Waals surface area contributed by atoms with Gasteiger partial charge >= 0.3 is 11.7 Å². The van der Waals surface area contributed by atoms with E-state index in [9.17, 15) is 14.9 Å². The van der Waals surface area contributed by atoms with Gasteiger partial charge in [0.05, 0.1) is 28.5 Å². The summed E-state index contributed by atoms with van der Waals surface area (Å²) in [5.74, 6) is 0.254. The first-order valence-electron chi connectivity index (χ1n) is 8.34. The average molecular weight is 369 g/mol. The Morgan fingerprint density at radius 3 is 2.74 bits per heavy atom. The van der Waals surface area contributed by atoms with Crippen LogP contribution in [0.5, 0.6) is 5.75 Å². The van der Waals surface area contributed by atoms with Gasteiger partial charge < -0.3 is 14.8 Å². The molecule has 0 saturated carbocycles. The molecule has 2 aromatic carbocycles. The fraction of sp³-hybridized carbons (Fsp3) is 0.263. The summed E-state index contributed by atoms with van der Waals surface area (Å²) < 4.78 is 10.1. The van der Waals surface area contributed by atoms with E-state index in [1.807, 2.05) is 13.0 Å². The molecule has 0 atom stereocenters. The van der Waals surface area contributed by atoms with Gasteiger partial charge in [-0.3, -0.25) is 14.9 Å². The molecule has 8 heteroatoms. The summed E-state index contributed by atoms with van der Waals surface area (Å²) in [4.78, 5) is 26.8. The summed E-state index contributed by atoms with van der Waals surface area (Å²) in [6, 6.07) is 8.86. The van der Waals surface area contributed by atoms with Gasteiger partial charge in [0.15, 0.2) is 0 Å². The van der Waals surface area contributed by atoms with Gasteiger partial charge in [0.25, 0.3) is 0 Å². The largest absolute Gasteiger partial charge is 0.497 e. The summed E-state index contributed by atoms with van der Waals surface area (Å²) in [5, 5.41) is 15.9. The van der Waals surface area contributed by atoms with Gasteiger partial charge in [-0.2, -0.15) is 0 Å². The molecule has 0 saturated heterocycles. The maximum Gasteiger partial charge on any atom is 0.302 e. The highest BCUT2D eigenvalue weighted by molar-refractivity contribution is 6.02. The Hall–Kier alpha value is -3.42. The average Bonchev–Trinajstić information content (AvgIpc) is 2.63. The lowest BCUT2D eigenvalue weighted by Crippen LogP contribution is -2.13. The molecule has 3 rings (SSSR count). The number of esters is 1. The second-order valence-electron chi connectivity index (χ2n) is 6.06. The highest BCUT2D eigenvalue weighted by Gasteiger charge is 2.21. The van der Waals surface area contributed by atoms with Crippen molar-refractivity contribution in [2.24, 2.45) is 0 Å². The number of nitro benzene ring substituents is 1. The van der Waals surface area contributed by atoms with Crippen molar-refractivity contribution in [1.82, 2.24) is 4.98 Å². The SMILES string of the molecule is COc1ccc2nc3c(C)cc(NCCOC(C)=O)c([N+](=O)[O-])c3cc2c1. The van der Waals surface area contributed by atoms with E-state index < -0.39 is 10.9 Å². The molecular weight excluding hydrogens is 350 g/mol. The zero-order valence-electron chi connectivity index (χ0n) is 15.2. The van der Waals surface area contributed by atoms with Crippen LogP contribution in [0.1, 0.15) is 12.5 Å². The summed E-state index contributed by atoms with van der Waals surface area (Å²) in [7, 11) is 1.56.